The van der Waals surface area contributed by atoms with Crippen LogP contribution in [0.4, 0.5) is 0 Å². The van der Waals surface area contributed by atoms with Gasteiger partial charge in [-0.2, -0.15) is 10.2 Å². The third kappa shape index (κ3) is 4.33. The molecular formula is C26H20N6O2. The van der Waals surface area contributed by atoms with E-state index >= 15 is 0 Å². The van der Waals surface area contributed by atoms with Crippen LogP contribution in [0, 0.1) is 0 Å². The number of benzene rings is 3. The van der Waals surface area contributed by atoms with E-state index in [9.17, 15) is 9.59 Å². The molecule has 0 saturated carbocycles. The van der Waals surface area contributed by atoms with Crippen molar-refractivity contribution in [2.45, 2.75) is 0 Å². The van der Waals surface area contributed by atoms with Crippen LogP contribution in [0.1, 0.15) is 31.8 Å². The molecule has 5 aromatic rings. The second-order valence-electron chi connectivity index (χ2n) is 7.56. The molecule has 166 valence electrons. The summed E-state index contributed by atoms with van der Waals surface area (Å²) in [6, 6.07) is 22.0. The molecule has 5 rings (SSSR count). The van der Waals surface area contributed by atoms with Crippen LogP contribution in [0.2, 0.25) is 0 Å². The topological polar surface area (TPSA) is 114 Å². The van der Waals surface area contributed by atoms with Crippen LogP contribution in [0.15, 0.2) is 95.4 Å². The molecule has 0 spiro atoms. The fourth-order valence-electron chi connectivity index (χ4n) is 3.65. The van der Waals surface area contributed by atoms with E-state index in [1.165, 1.54) is 6.07 Å². The summed E-state index contributed by atoms with van der Waals surface area (Å²) in [5, 5.41) is 10.1. The van der Waals surface area contributed by atoms with Gasteiger partial charge in [0.05, 0.1) is 12.4 Å². The Morgan fingerprint density at radius 1 is 0.647 bits per heavy atom. The van der Waals surface area contributed by atoms with Crippen molar-refractivity contribution in [2.75, 3.05) is 0 Å². The van der Waals surface area contributed by atoms with E-state index in [0.717, 1.165) is 32.9 Å². The monoisotopic (exact) mass is 448 g/mol. The van der Waals surface area contributed by atoms with Crippen molar-refractivity contribution in [2.24, 2.45) is 10.2 Å². The zero-order valence-electron chi connectivity index (χ0n) is 17.9. The highest BCUT2D eigenvalue weighted by atomic mass is 16.2. The molecule has 0 saturated heterocycles. The minimum Gasteiger partial charge on any atom is -0.361 e. The number of aromatic amines is 2. The van der Waals surface area contributed by atoms with E-state index in [2.05, 4.69) is 31.0 Å². The number of carbonyl (C=O) groups is 2. The summed E-state index contributed by atoms with van der Waals surface area (Å²) in [4.78, 5) is 31.3. The van der Waals surface area contributed by atoms with E-state index in [0.29, 0.717) is 11.1 Å². The van der Waals surface area contributed by atoms with E-state index in [1.54, 1.807) is 30.6 Å². The molecule has 2 heterocycles. The van der Waals surface area contributed by atoms with E-state index in [4.69, 9.17) is 0 Å². The van der Waals surface area contributed by atoms with Gasteiger partial charge in [-0.3, -0.25) is 9.59 Å². The SMILES string of the molecule is O=C(NN=Cc1c[nH]c2ccccc12)c1cccc(C(=O)NN=Cc2c[nH]c3ccccc23)c1. The number of nitrogens with zero attached hydrogens (tertiary/aromatic N) is 2. The van der Waals surface area contributed by atoms with Crippen molar-refractivity contribution in [1.29, 1.82) is 0 Å². The molecule has 0 aliphatic rings. The second-order valence-corrected chi connectivity index (χ2v) is 7.56. The Bertz CT molecular complexity index is 1450. The number of fused-ring (bicyclic) bond motifs is 2. The predicted molar refractivity (Wildman–Crippen MR) is 133 cm³/mol. The lowest BCUT2D eigenvalue weighted by Crippen LogP contribution is -2.20. The number of nitrogens with one attached hydrogen (secondary N) is 4. The second kappa shape index (κ2) is 9.25. The first kappa shape index (κ1) is 20.9. The van der Waals surface area contributed by atoms with E-state index < -0.39 is 11.8 Å². The Morgan fingerprint density at radius 2 is 1.12 bits per heavy atom. The first-order chi connectivity index (χ1) is 16.7. The van der Waals surface area contributed by atoms with Crippen LogP contribution in [0.3, 0.4) is 0 Å². The number of amides is 2. The van der Waals surface area contributed by atoms with Gasteiger partial charge in [0.1, 0.15) is 0 Å². The maximum Gasteiger partial charge on any atom is 0.271 e. The highest BCUT2D eigenvalue weighted by Crippen LogP contribution is 2.16. The molecule has 0 bridgehead atoms. The number of para-hydroxylation sites is 2. The maximum atomic E-state index is 12.5. The van der Waals surface area contributed by atoms with Gasteiger partial charge in [0, 0.05) is 56.5 Å². The number of hydrazone groups is 2. The van der Waals surface area contributed by atoms with Crippen molar-refractivity contribution >= 4 is 46.0 Å². The predicted octanol–water partition coefficient (Wildman–Crippen LogP) is 4.18. The van der Waals surface area contributed by atoms with Gasteiger partial charge in [-0.1, -0.05) is 42.5 Å². The number of aromatic nitrogens is 2. The van der Waals surface area contributed by atoms with Crippen molar-refractivity contribution in [3.8, 4) is 0 Å². The smallest absolute Gasteiger partial charge is 0.271 e. The van der Waals surface area contributed by atoms with Gasteiger partial charge in [-0.25, -0.2) is 10.9 Å². The van der Waals surface area contributed by atoms with Gasteiger partial charge in [-0.05, 0) is 30.3 Å². The number of hydrogen-bond acceptors (Lipinski definition) is 4. The van der Waals surface area contributed by atoms with Crippen LogP contribution in [-0.2, 0) is 0 Å². The minimum atomic E-state index is -0.423. The maximum absolute atomic E-state index is 12.5. The largest absolute Gasteiger partial charge is 0.361 e. The number of rotatable bonds is 6. The quantitative estimate of drug-likeness (QED) is 0.231. The van der Waals surface area contributed by atoms with Gasteiger partial charge >= 0.3 is 0 Å². The van der Waals surface area contributed by atoms with Gasteiger partial charge in [0.25, 0.3) is 11.8 Å². The van der Waals surface area contributed by atoms with Gasteiger partial charge in [0.15, 0.2) is 0 Å². The summed E-state index contributed by atoms with van der Waals surface area (Å²) < 4.78 is 0. The highest BCUT2D eigenvalue weighted by molar-refractivity contribution is 6.02. The average Bonchev–Trinajstić information content (AvgIpc) is 3.48. The van der Waals surface area contributed by atoms with Crippen LogP contribution in [0.25, 0.3) is 21.8 Å². The van der Waals surface area contributed by atoms with E-state index in [-0.39, 0.29) is 0 Å². The third-order valence-electron chi connectivity index (χ3n) is 5.37. The average molecular weight is 448 g/mol. The molecule has 8 nitrogen and oxygen atoms in total. The molecule has 0 aliphatic carbocycles. The molecular weight excluding hydrogens is 428 g/mol. The van der Waals surface area contributed by atoms with Crippen molar-refractivity contribution < 1.29 is 9.59 Å². The Balaban J connectivity index is 1.22. The number of carbonyl (C=O) groups excluding carboxylic acids is 2. The molecule has 0 fully saturated rings. The van der Waals surface area contributed by atoms with Gasteiger partial charge < -0.3 is 9.97 Å². The molecule has 2 amide bonds. The fraction of sp³-hybridized carbons (Fsp3) is 0. The normalized spacial score (nSPS) is 11.5. The van der Waals surface area contributed by atoms with Crippen molar-refractivity contribution in [3.63, 3.8) is 0 Å². The lowest BCUT2D eigenvalue weighted by atomic mass is 10.1. The van der Waals surface area contributed by atoms with Gasteiger partial charge in [0.2, 0.25) is 0 Å². The molecule has 34 heavy (non-hydrogen) atoms. The standard InChI is InChI=1S/C26H20N6O2/c33-25(31-29-15-19-13-27-23-10-3-1-8-21(19)23)17-6-5-7-18(12-17)26(34)32-30-16-20-14-28-24-11-4-2-9-22(20)24/h1-16,27-28H,(H,31,33)(H,32,34). The molecule has 0 aliphatic heterocycles. The molecule has 3 aromatic carbocycles. The van der Waals surface area contributed by atoms with Crippen molar-refractivity contribution in [3.05, 3.63) is 107 Å². The fourth-order valence-corrected chi connectivity index (χ4v) is 3.65. The summed E-state index contributed by atoms with van der Waals surface area (Å²) >= 11 is 0. The van der Waals surface area contributed by atoms with Gasteiger partial charge in [-0.15, -0.1) is 0 Å². The molecule has 0 unspecified atom stereocenters. The minimum absolute atomic E-state index is 0.310. The zero-order valence-corrected chi connectivity index (χ0v) is 17.9. The highest BCUT2D eigenvalue weighted by Gasteiger charge is 2.10. The summed E-state index contributed by atoms with van der Waals surface area (Å²) in [5.74, 6) is -0.846. The lowest BCUT2D eigenvalue weighted by molar-refractivity contribution is 0.0954. The first-order valence-electron chi connectivity index (χ1n) is 10.6. The molecule has 8 heteroatoms. The number of hydrogen-bond donors (Lipinski definition) is 4. The lowest BCUT2D eigenvalue weighted by Gasteiger charge is -2.03. The van der Waals surface area contributed by atoms with Crippen LogP contribution in [0.5, 0.6) is 0 Å². The van der Waals surface area contributed by atoms with Crippen molar-refractivity contribution in [1.82, 2.24) is 20.8 Å². The molecule has 0 radical (unpaired) electrons. The Labute approximate surface area is 194 Å². The van der Waals surface area contributed by atoms with E-state index in [1.807, 2.05) is 60.9 Å². The van der Waals surface area contributed by atoms with Crippen LogP contribution < -0.4 is 10.9 Å². The molecule has 4 N–H and O–H groups in total. The Kier molecular flexibility index (Phi) is 5.69. The molecule has 2 aromatic heterocycles. The Morgan fingerprint density at radius 3 is 1.62 bits per heavy atom. The number of H-pyrrole nitrogens is 2. The molecule has 0 atom stereocenters. The van der Waals surface area contributed by atoms with Crippen LogP contribution >= 0.6 is 0 Å². The summed E-state index contributed by atoms with van der Waals surface area (Å²) in [7, 11) is 0. The Hall–Kier alpha value is -4.98. The summed E-state index contributed by atoms with van der Waals surface area (Å²) in [5.41, 5.74) is 9.31. The summed E-state index contributed by atoms with van der Waals surface area (Å²) in [6.07, 6.45) is 6.80. The zero-order chi connectivity index (χ0) is 23.3. The first-order valence-corrected chi connectivity index (χ1v) is 10.6. The van der Waals surface area contributed by atoms with Crippen LogP contribution in [-0.4, -0.2) is 34.2 Å². The summed E-state index contributed by atoms with van der Waals surface area (Å²) in [6.45, 7) is 0. The third-order valence-corrected chi connectivity index (χ3v) is 5.37.